The van der Waals surface area contributed by atoms with Crippen molar-refractivity contribution >= 4 is 15.9 Å². The first-order valence-electron chi connectivity index (χ1n) is 8.83. The smallest absolute Gasteiger partial charge is 0.251 e. The maximum absolute atomic E-state index is 12.7. The summed E-state index contributed by atoms with van der Waals surface area (Å²) < 4.78 is 28.8. The molecule has 0 atom stereocenters. The third kappa shape index (κ3) is 4.13. The second-order valence-electron chi connectivity index (χ2n) is 6.50. The van der Waals surface area contributed by atoms with E-state index in [0.29, 0.717) is 25.2 Å². The van der Waals surface area contributed by atoms with Crippen LogP contribution in [0.25, 0.3) is 0 Å². The number of nitrogens with zero attached hydrogens (tertiary/aromatic N) is 3. The number of sulfonamides is 1. The van der Waals surface area contributed by atoms with E-state index in [0.717, 1.165) is 31.4 Å². The molecule has 1 fully saturated rings. The maximum atomic E-state index is 12.7. The number of benzene rings is 1. The highest BCUT2D eigenvalue weighted by Crippen LogP contribution is 2.23. The van der Waals surface area contributed by atoms with Crippen LogP contribution in [-0.4, -0.2) is 47.8 Å². The van der Waals surface area contributed by atoms with Gasteiger partial charge in [0.25, 0.3) is 5.91 Å². The molecule has 0 bridgehead atoms. The molecule has 8 heteroatoms. The van der Waals surface area contributed by atoms with E-state index in [-0.39, 0.29) is 10.8 Å². The highest BCUT2D eigenvalue weighted by molar-refractivity contribution is 7.89. The van der Waals surface area contributed by atoms with Crippen LogP contribution in [0, 0.1) is 6.92 Å². The van der Waals surface area contributed by atoms with Gasteiger partial charge in [0.2, 0.25) is 10.0 Å². The summed E-state index contributed by atoms with van der Waals surface area (Å²) in [6, 6.07) is 4.77. The fourth-order valence-electron chi connectivity index (χ4n) is 3.06. The van der Waals surface area contributed by atoms with E-state index in [2.05, 4.69) is 10.3 Å². The van der Waals surface area contributed by atoms with Crippen molar-refractivity contribution in [2.45, 2.75) is 37.6 Å². The number of aryl methyl sites for hydroxylation is 2. The molecule has 140 valence electrons. The van der Waals surface area contributed by atoms with Gasteiger partial charge in [-0.3, -0.25) is 4.79 Å². The Morgan fingerprint density at radius 2 is 2.04 bits per heavy atom. The van der Waals surface area contributed by atoms with Gasteiger partial charge in [-0.2, -0.15) is 4.31 Å². The summed E-state index contributed by atoms with van der Waals surface area (Å²) in [4.78, 5) is 16.7. The first-order valence-corrected chi connectivity index (χ1v) is 10.3. The zero-order chi connectivity index (χ0) is 18.6. The van der Waals surface area contributed by atoms with Gasteiger partial charge in [0, 0.05) is 44.1 Å². The average Bonchev–Trinajstić information content (AvgIpc) is 3.32. The second-order valence-corrected chi connectivity index (χ2v) is 8.44. The topological polar surface area (TPSA) is 84.3 Å². The number of carbonyl (C=O) groups is 1. The first-order chi connectivity index (χ1) is 12.5. The molecule has 26 heavy (non-hydrogen) atoms. The van der Waals surface area contributed by atoms with Gasteiger partial charge in [0.05, 0.1) is 11.2 Å². The lowest BCUT2D eigenvalue weighted by Gasteiger charge is -2.17. The second kappa shape index (κ2) is 8.01. The van der Waals surface area contributed by atoms with Gasteiger partial charge in [0.1, 0.15) is 0 Å². The molecule has 0 aliphatic carbocycles. The summed E-state index contributed by atoms with van der Waals surface area (Å²) in [6.07, 6.45) is 7.86. The largest absolute Gasteiger partial charge is 0.352 e. The van der Waals surface area contributed by atoms with Gasteiger partial charge < -0.3 is 9.88 Å². The van der Waals surface area contributed by atoms with Crippen molar-refractivity contribution in [3.63, 3.8) is 0 Å². The Hall–Kier alpha value is -2.19. The number of hydrogen-bond donors (Lipinski definition) is 1. The third-order valence-corrected chi connectivity index (χ3v) is 6.49. The lowest BCUT2D eigenvalue weighted by Crippen LogP contribution is -2.29. The van der Waals surface area contributed by atoms with Crippen LogP contribution in [0.5, 0.6) is 0 Å². The predicted octanol–water partition coefficient (Wildman–Crippen LogP) is 1.80. The van der Waals surface area contributed by atoms with E-state index in [1.807, 2.05) is 17.7 Å². The lowest BCUT2D eigenvalue weighted by molar-refractivity contribution is 0.0952. The minimum Gasteiger partial charge on any atom is -0.352 e. The van der Waals surface area contributed by atoms with E-state index < -0.39 is 10.0 Å². The fraction of sp³-hybridized carbons (Fsp3) is 0.444. The van der Waals surface area contributed by atoms with Crippen LogP contribution in [0.2, 0.25) is 0 Å². The van der Waals surface area contributed by atoms with Crippen molar-refractivity contribution in [3.8, 4) is 0 Å². The number of amides is 1. The van der Waals surface area contributed by atoms with Crippen molar-refractivity contribution in [1.29, 1.82) is 0 Å². The van der Waals surface area contributed by atoms with Gasteiger partial charge in [0.15, 0.2) is 0 Å². The number of rotatable bonds is 7. The molecule has 7 nitrogen and oxygen atoms in total. The summed E-state index contributed by atoms with van der Waals surface area (Å²) in [5, 5.41) is 2.87. The van der Waals surface area contributed by atoms with E-state index in [1.165, 1.54) is 10.4 Å². The van der Waals surface area contributed by atoms with Crippen LogP contribution in [0.15, 0.2) is 41.8 Å². The molecule has 1 aliphatic rings. The van der Waals surface area contributed by atoms with Crippen molar-refractivity contribution in [3.05, 3.63) is 48.0 Å². The Morgan fingerprint density at radius 1 is 1.27 bits per heavy atom. The Labute approximate surface area is 154 Å². The quantitative estimate of drug-likeness (QED) is 0.747. The molecule has 1 amide bonds. The summed E-state index contributed by atoms with van der Waals surface area (Å²) >= 11 is 0. The zero-order valence-corrected chi connectivity index (χ0v) is 15.7. The van der Waals surface area contributed by atoms with Crippen molar-refractivity contribution < 1.29 is 13.2 Å². The van der Waals surface area contributed by atoms with E-state index >= 15 is 0 Å². The van der Waals surface area contributed by atoms with Crippen LogP contribution >= 0.6 is 0 Å². The van der Waals surface area contributed by atoms with Gasteiger partial charge >= 0.3 is 0 Å². The SMILES string of the molecule is Cc1ccc(S(=O)(=O)N2CCCC2)cc1C(=O)NCCCn1ccnc1. The molecule has 1 saturated heterocycles. The average molecular weight is 376 g/mol. The molecule has 1 aromatic carbocycles. The van der Waals surface area contributed by atoms with E-state index in [9.17, 15) is 13.2 Å². The molecular formula is C18H24N4O3S. The van der Waals surface area contributed by atoms with Crippen molar-refractivity contribution in [1.82, 2.24) is 19.2 Å². The van der Waals surface area contributed by atoms with Gasteiger partial charge in [-0.25, -0.2) is 13.4 Å². The molecular weight excluding hydrogens is 352 g/mol. The van der Waals surface area contributed by atoms with E-state index in [1.54, 1.807) is 24.7 Å². The molecule has 2 heterocycles. The molecule has 0 unspecified atom stereocenters. The summed E-state index contributed by atoms with van der Waals surface area (Å²) in [5.41, 5.74) is 1.17. The molecule has 1 aromatic heterocycles. The Bertz CT molecular complexity index is 857. The van der Waals surface area contributed by atoms with Crippen LogP contribution in [0.4, 0.5) is 0 Å². The number of carbonyl (C=O) groups excluding carboxylic acids is 1. The fourth-order valence-corrected chi connectivity index (χ4v) is 4.61. The number of hydrogen-bond acceptors (Lipinski definition) is 4. The predicted molar refractivity (Wildman–Crippen MR) is 98.3 cm³/mol. The van der Waals surface area contributed by atoms with Crippen molar-refractivity contribution in [2.75, 3.05) is 19.6 Å². The highest BCUT2D eigenvalue weighted by atomic mass is 32.2. The van der Waals surface area contributed by atoms with Crippen molar-refractivity contribution in [2.24, 2.45) is 0 Å². The third-order valence-electron chi connectivity index (χ3n) is 4.59. The Kier molecular flexibility index (Phi) is 5.73. The molecule has 2 aromatic rings. The minimum absolute atomic E-state index is 0.188. The summed E-state index contributed by atoms with van der Waals surface area (Å²) in [5.74, 6) is -0.244. The van der Waals surface area contributed by atoms with Gasteiger partial charge in [-0.1, -0.05) is 6.07 Å². The Balaban J connectivity index is 1.65. The molecule has 0 saturated carbocycles. The minimum atomic E-state index is -3.52. The number of imidazole rings is 1. The normalized spacial score (nSPS) is 15.3. The number of aromatic nitrogens is 2. The molecule has 1 N–H and O–H groups in total. The highest BCUT2D eigenvalue weighted by Gasteiger charge is 2.28. The van der Waals surface area contributed by atoms with Crippen LogP contribution in [-0.2, 0) is 16.6 Å². The van der Waals surface area contributed by atoms with Crippen LogP contribution < -0.4 is 5.32 Å². The molecule has 0 radical (unpaired) electrons. The monoisotopic (exact) mass is 376 g/mol. The summed E-state index contributed by atoms with van der Waals surface area (Å²) in [7, 11) is -3.52. The molecule has 1 aliphatic heterocycles. The summed E-state index contributed by atoms with van der Waals surface area (Å²) in [6.45, 7) is 4.19. The maximum Gasteiger partial charge on any atom is 0.251 e. The molecule has 3 rings (SSSR count). The zero-order valence-electron chi connectivity index (χ0n) is 14.9. The molecule has 0 spiro atoms. The van der Waals surface area contributed by atoms with Gasteiger partial charge in [-0.05, 0) is 43.9 Å². The van der Waals surface area contributed by atoms with Crippen LogP contribution in [0.3, 0.4) is 0 Å². The lowest BCUT2D eigenvalue weighted by atomic mass is 10.1. The van der Waals surface area contributed by atoms with Gasteiger partial charge in [-0.15, -0.1) is 0 Å². The first kappa shape index (κ1) is 18.6. The van der Waals surface area contributed by atoms with E-state index in [4.69, 9.17) is 0 Å². The van der Waals surface area contributed by atoms with Crippen LogP contribution in [0.1, 0.15) is 35.2 Å². The Morgan fingerprint density at radius 3 is 2.73 bits per heavy atom. The number of nitrogens with one attached hydrogen (secondary N) is 1. The standard InChI is InChI=1S/C18H24N4O3S/c1-15-5-6-16(26(24,25)22-10-2-3-11-22)13-17(15)18(23)20-7-4-9-21-12-8-19-14-21/h5-6,8,12-14H,2-4,7,9-11H2,1H3,(H,20,23).